The van der Waals surface area contributed by atoms with Gasteiger partial charge >= 0.3 is 0 Å². The van der Waals surface area contributed by atoms with Crippen molar-refractivity contribution in [2.45, 2.75) is 31.6 Å². The first-order valence-corrected chi connectivity index (χ1v) is 6.87. The third-order valence-corrected chi connectivity index (χ3v) is 3.48. The molecule has 100 valence electrons. The summed E-state index contributed by atoms with van der Waals surface area (Å²) in [6.45, 7) is 0.773. The second kappa shape index (κ2) is 5.99. The van der Waals surface area contributed by atoms with E-state index < -0.39 is 0 Å². The highest BCUT2D eigenvalue weighted by Crippen LogP contribution is 2.30. The van der Waals surface area contributed by atoms with Gasteiger partial charge in [0.2, 0.25) is 0 Å². The van der Waals surface area contributed by atoms with Crippen LogP contribution in [-0.4, -0.2) is 43.3 Å². The Balaban J connectivity index is 2.03. The van der Waals surface area contributed by atoms with E-state index in [1.165, 1.54) is 0 Å². The average Bonchev–Trinajstić information content (AvgIpc) is 2.24. The third-order valence-electron chi connectivity index (χ3n) is 3.04. The summed E-state index contributed by atoms with van der Waals surface area (Å²) in [6, 6.07) is 3.90. The third kappa shape index (κ3) is 3.43. The molecule has 0 saturated heterocycles. The van der Waals surface area contributed by atoms with Crippen molar-refractivity contribution < 1.29 is 9.47 Å². The minimum atomic E-state index is 0.263. The molecule has 0 bridgehead atoms. The van der Waals surface area contributed by atoms with Crippen LogP contribution in [-0.2, 0) is 11.3 Å². The van der Waals surface area contributed by atoms with Crippen molar-refractivity contribution >= 4 is 15.9 Å². The molecule has 4 nitrogen and oxygen atoms in total. The summed E-state index contributed by atoms with van der Waals surface area (Å²) in [4.78, 5) is 6.57. The quantitative estimate of drug-likeness (QED) is 0.782. The van der Waals surface area contributed by atoms with Gasteiger partial charge in [0.1, 0.15) is 16.5 Å². The number of hydrogen-bond acceptors (Lipinski definition) is 4. The maximum atomic E-state index is 5.98. The zero-order valence-electron chi connectivity index (χ0n) is 11.0. The SMILES string of the molecule is CO[C@H]1C[C@H](Oc2ccc(Br)nc2CN(C)C)C1. The van der Waals surface area contributed by atoms with Crippen molar-refractivity contribution in [3.05, 3.63) is 22.4 Å². The Morgan fingerprint density at radius 2 is 2.06 bits per heavy atom. The van der Waals surface area contributed by atoms with E-state index in [0.717, 1.165) is 35.4 Å². The molecule has 1 aliphatic carbocycles. The van der Waals surface area contributed by atoms with Crippen molar-refractivity contribution in [3.8, 4) is 5.75 Å². The van der Waals surface area contributed by atoms with E-state index in [0.29, 0.717) is 6.10 Å². The van der Waals surface area contributed by atoms with E-state index >= 15 is 0 Å². The Morgan fingerprint density at radius 3 is 2.67 bits per heavy atom. The average molecular weight is 315 g/mol. The van der Waals surface area contributed by atoms with Crippen molar-refractivity contribution in [2.75, 3.05) is 21.2 Å². The molecule has 1 aromatic rings. The highest BCUT2D eigenvalue weighted by atomic mass is 79.9. The number of ether oxygens (including phenoxy) is 2. The van der Waals surface area contributed by atoms with Crippen LogP contribution >= 0.6 is 15.9 Å². The summed E-state index contributed by atoms with van der Waals surface area (Å²) < 4.78 is 12.1. The van der Waals surface area contributed by atoms with Crippen molar-refractivity contribution in [2.24, 2.45) is 0 Å². The lowest BCUT2D eigenvalue weighted by atomic mass is 9.92. The molecule has 1 aromatic heterocycles. The lowest BCUT2D eigenvalue weighted by Gasteiger charge is -2.34. The standard InChI is InChI=1S/C13H19BrN2O2/c1-16(2)8-11-12(4-5-13(14)15-11)18-10-6-9(7-10)17-3/h4-5,9-10H,6-8H2,1-3H3/t9-,10-. The Morgan fingerprint density at radius 1 is 1.33 bits per heavy atom. The smallest absolute Gasteiger partial charge is 0.142 e. The fourth-order valence-corrected chi connectivity index (χ4v) is 2.31. The normalized spacial score (nSPS) is 22.9. The van der Waals surface area contributed by atoms with Crippen LogP contribution in [0.5, 0.6) is 5.75 Å². The van der Waals surface area contributed by atoms with Crippen molar-refractivity contribution in [3.63, 3.8) is 0 Å². The second-order valence-corrected chi connectivity index (χ2v) is 5.70. The van der Waals surface area contributed by atoms with Gasteiger partial charge in [-0.15, -0.1) is 0 Å². The molecule has 5 heteroatoms. The number of methoxy groups -OCH3 is 1. The molecule has 1 saturated carbocycles. The van der Waals surface area contributed by atoms with Crippen LogP contribution in [0, 0.1) is 0 Å². The molecule has 0 spiro atoms. The Labute approximate surface area is 116 Å². The molecule has 2 rings (SSSR count). The van der Waals surface area contributed by atoms with Crippen LogP contribution in [0.2, 0.25) is 0 Å². The number of nitrogens with zero attached hydrogens (tertiary/aromatic N) is 2. The number of hydrogen-bond donors (Lipinski definition) is 0. The van der Waals surface area contributed by atoms with Gasteiger partial charge in [-0.2, -0.15) is 0 Å². The molecule has 0 atom stereocenters. The van der Waals surface area contributed by atoms with E-state index in [1.807, 2.05) is 26.2 Å². The molecule has 0 aromatic carbocycles. The summed E-state index contributed by atoms with van der Waals surface area (Å²) in [5.74, 6) is 0.881. The molecule has 1 heterocycles. The topological polar surface area (TPSA) is 34.6 Å². The van der Waals surface area contributed by atoms with Gasteiger partial charge in [-0.3, -0.25) is 0 Å². The predicted octanol–water partition coefficient (Wildman–Crippen LogP) is 2.46. The predicted molar refractivity (Wildman–Crippen MR) is 73.8 cm³/mol. The van der Waals surface area contributed by atoms with Gasteiger partial charge in [-0.1, -0.05) is 0 Å². The molecular formula is C13H19BrN2O2. The maximum absolute atomic E-state index is 5.98. The highest BCUT2D eigenvalue weighted by molar-refractivity contribution is 9.10. The molecule has 0 N–H and O–H groups in total. The number of aromatic nitrogens is 1. The molecule has 0 amide bonds. The summed E-state index contributed by atoms with van der Waals surface area (Å²) in [5.41, 5.74) is 0.968. The Kier molecular flexibility index (Phi) is 4.59. The van der Waals surface area contributed by atoms with E-state index in [2.05, 4.69) is 25.8 Å². The lowest BCUT2D eigenvalue weighted by molar-refractivity contribution is -0.0387. The number of rotatable bonds is 5. The van der Waals surface area contributed by atoms with Gasteiger partial charge < -0.3 is 14.4 Å². The van der Waals surface area contributed by atoms with Crippen molar-refractivity contribution in [1.29, 1.82) is 0 Å². The van der Waals surface area contributed by atoms with E-state index in [1.54, 1.807) is 7.11 Å². The summed E-state index contributed by atoms with van der Waals surface area (Å²) in [6.07, 6.45) is 2.55. The summed E-state index contributed by atoms with van der Waals surface area (Å²) >= 11 is 3.40. The Hall–Kier alpha value is -0.650. The first-order chi connectivity index (χ1) is 8.58. The van der Waals surface area contributed by atoms with Crippen LogP contribution < -0.4 is 4.74 Å². The monoisotopic (exact) mass is 314 g/mol. The van der Waals surface area contributed by atoms with Crippen LogP contribution in [0.15, 0.2) is 16.7 Å². The molecule has 0 unspecified atom stereocenters. The van der Waals surface area contributed by atoms with Crippen molar-refractivity contribution in [1.82, 2.24) is 9.88 Å². The number of halogens is 1. The molecule has 0 radical (unpaired) electrons. The lowest BCUT2D eigenvalue weighted by Crippen LogP contribution is -2.39. The highest BCUT2D eigenvalue weighted by Gasteiger charge is 2.31. The summed E-state index contributed by atoms with van der Waals surface area (Å²) in [7, 11) is 5.80. The second-order valence-electron chi connectivity index (χ2n) is 4.89. The molecular weight excluding hydrogens is 296 g/mol. The molecule has 1 aliphatic rings. The molecule has 18 heavy (non-hydrogen) atoms. The van der Waals surface area contributed by atoms with Gasteiger partial charge in [-0.25, -0.2) is 4.98 Å². The Bertz CT molecular complexity index is 406. The fourth-order valence-electron chi connectivity index (χ4n) is 1.97. The van der Waals surface area contributed by atoms with Crippen LogP contribution in [0.4, 0.5) is 0 Å². The first-order valence-electron chi connectivity index (χ1n) is 6.08. The number of pyridine rings is 1. The van der Waals surface area contributed by atoms with Crippen LogP contribution in [0.25, 0.3) is 0 Å². The van der Waals surface area contributed by atoms with Gasteiger partial charge in [0.05, 0.1) is 11.8 Å². The summed E-state index contributed by atoms with van der Waals surface area (Å²) in [5, 5.41) is 0. The minimum absolute atomic E-state index is 0.263. The van der Waals surface area contributed by atoms with Gasteiger partial charge in [0, 0.05) is 26.5 Å². The molecule has 1 fully saturated rings. The van der Waals surface area contributed by atoms with Gasteiger partial charge in [0.15, 0.2) is 0 Å². The first kappa shape index (κ1) is 13.8. The van der Waals surface area contributed by atoms with Crippen LogP contribution in [0.1, 0.15) is 18.5 Å². The van der Waals surface area contributed by atoms with E-state index in [4.69, 9.17) is 9.47 Å². The molecule has 0 aliphatic heterocycles. The maximum Gasteiger partial charge on any atom is 0.142 e. The zero-order chi connectivity index (χ0) is 13.1. The van der Waals surface area contributed by atoms with Gasteiger partial charge in [0.25, 0.3) is 0 Å². The minimum Gasteiger partial charge on any atom is -0.488 e. The van der Waals surface area contributed by atoms with Crippen LogP contribution in [0.3, 0.4) is 0 Å². The van der Waals surface area contributed by atoms with E-state index in [9.17, 15) is 0 Å². The van der Waals surface area contributed by atoms with E-state index in [-0.39, 0.29) is 6.10 Å². The fraction of sp³-hybridized carbons (Fsp3) is 0.615. The van der Waals surface area contributed by atoms with Gasteiger partial charge in [-0.05, 0) is 42.2 Å². The largest absolute Gasteiger partial charge is 0.488 e. The zero-order valence-corrected chi connectivity index (χ0v) is 12.6.